The molecule has 6 nitrogen and oxygen atoms in total. The zero-order valence-corrected chi connectivity index (χ0v) is 16.5. The Kier molecular flexibility index (Phi) is 8.93. The molecular weight excluding hydrogens is 310 g/mol. The smallest absolute Gasteiger partial charge is 0.310 e. The summed E-state index contributed by atoms with van der Waals surface area (Å²) in [5.41, 5.74) is -0.378. The van der Waals surface area contributed by atoms with Gasteiger partial charge in [0.15, 0.2) is 0 Å². The van der Waals surface area contributed by atoms with Gasteiger partial charge in [0.2, 0.25) is 0 Å². The average Bonchev–Trinajstić information content (AvgIpc) is 2.39. The fourth-order valence-electron chi connectivity index (χ4n) is 2.18. The summed E-state index contributed by atoms with van der Waals surface area (Å²) in [6, 6.07) is 0. The van der Waals surface area contributed by atoms with Gasteiger partial charge in [-0.3, -0.25) is 9.59 Å². The van der Waals surface area contributed by atoms with E-state index in [2.05, 4.69) is 20.8 Å². The first kappa shape index (κ1) is 22.9. The molecule has 0 saturated carbocycles. The molecule has 0 fully saturated rings. The average molecular weight is 345 g/mol. The Morgan fingerprint density at radius 1 is 0.917 bits per heavy atom. The zero-order chi connectivity index (χ0) is 19.1. The number of hydrogen-bond donors (Lipinski definition) is 1. The van der Waals surface area contributed by atoms with Gasteiger partial charge in [0, 0.05) is 12.1 Å². The van der Waals surface area contributed by atoms with Gasteiger partial charge < -0.3 is 14.7 Å². The van der Waals surface area contributed by atoms with Crippen LogP contribution in [-0.4, -0.2) is 47.5 Å². The molecule has 0 saturated heterocycles. The van der Waals surface area contributed by atoms with Crippen molar-refractivity contribution in [3.63, 3.8) is 0 Å². The van der Waals surface area contributed by atoms with E-state index in [1.165, 1.54) is 0 Å². The largest absolute Gasteiger partial charge is 0.462 e. The van der Waals surface area contributed by atoms with Gasteiger partial charge in [-0.25, -0.2) is 0 Å². The molecule has 0 aliphatic carbocycles. The fraction of sp³-hybridized carbons (Fsp3) is 0.889. The van der Waals surface area contributed by atoms with Gasteiger partial charge in [-0.2, -0.15) is 5.06 Å². The second kappa shape index (κ2) is 9.37. The number of esters is 2. The minimum Gasteiger partial charge on any atom is -0.462 e. The third-order valence-corrected chi connectivity index (χ3v) is 3.52. The number of carbonyl (C=O) groups is 2. The van der Waals surface area contributed by atoms with E-state index in [9.17, 15) is 14.8 Å². The lowest BCUT2D eigenvalue weighted by molar-refractivity contribution is -0.176. The van der Waals surface area contributed by atoms with Crippen LogP contribution in [0.3, 0.4) is 0 Å². The van der Waals surface area contributed by atoms with Crippen molar-refractivity contribution in [1.82, 2.24) is 5.06 Å². The summed E-state index contributed by atoms with van der Waals surface area (Å²) in [6.45, 7) is 15.6. The van der Waals surface area contributed by atoms with Gasteiger partial charge in [0.25, 0.3) is 0 Å². The molecular formula is C18H35NO5. The second-order valence-corrected chi connectivity index (χ2v) is 8.65. The van der Waals surface area contributed by atoms with Crippen LogP contribution < -0.4 is 0 Å². The van der Waals surface area contributed by atoms with E-state index in [0.29, 0.717) is 0 Å². The van der Waals surface area contributed by atoms with Gasteiger partial charge >= 0.3 is 11.9 Å². The molecule has 0 aromatic heterocycles. The Balaban J connectivity index is 4.07. The Morgan fingerprint density at radius 3 is 1.71 bits per heavy atom. The van der Waals surface area contributed by atoms with E-state index in [0.717, 1.165) is 11.5 Å². The molecule has 2 atom stereocenters. The summed E-state index contributed by atoms with van der Waals surface area (Å²) in [5.74, 6) is -1.35. The van der Waals surface area contributed by atoms with E-state index < -0.39 is 17.4 Å². The predicted octanol–water partition coefficient (Wildman–Crippen LogP) is 3.27. The second-order valence-electron chi connectivity index (χ2n) is 8.65. The van der Waals surface area contributed by atoms with Gasteiger partial charge in [-0.1, -0.05) is 34.6 Å². The van der Waals surface area contributed by atoms with E-state index in [4.69, 9.17) is 9.47 Å². The number of ether oxygens (including phenoxy) is 2. The van der Waals surface area contributed by atoms with E-state index >= 15 is 0 Å². The first-order valence-electron chi connectivity index (χ1n) is 8.54. The lowest BCUT2D eigenvalue weighted by atomic mass is 9.85. The van der Waals surface area contributed by atoms with Crippen LogP contribution in [0.2, 0.25) is 0 Å². The zero-order valence-electron chi connectivity index (χ0n) is 16.5. The monoisotopic (exact) mass is 345 g/mol. The number of nitrogens with zero attached hydrogens (tertiary/aromatic N) is 1. The summed E-state index contributed by atoms with van der Waals surface area (Å²) in [7, 11) is 0. The molecule has 0 radical (unpaired) electrons. The summed E-state index contributed by atoms with van der Waals surface area (Å²) >= 11 is 0. The molecule has 1 N–H and O–H groups in total. The Hall–Kier alpha value is -1.14. The molecule has 2 unspecified atom stereocenters. The normalized spacial score (nSPS) is 15.1. The van der Waals surface area contributed by atoms with Crippen molar-refractivity contribution in [2.45, 2.75) is 67.3 Å². The van der Waals surface area contributed by atoms with Gasteiger partial charge in [-0.15, -0.1) is 0 Å². The molecule has 24 heavy (non-hydrogen) atoms. The molecule has 0 aliphatic heterocycles. The van der Waals surface area contributed by atoms with Gasteiger partial charge in [0.05, 0.1) is 11.8 Å². The highest BCUT2D eigenvalue weighted by molar-refractivity contribution is 5.73. The van der Waals surface area contributed by atoms with E-state index in [1.54, 1.807) is 6.92 Å². The first-order valence-corrected chi connectivity index (χ1v) is 8.54. The predicted molar refractivity (Wildman–Crippen MR) is 92.6 cm³/mol. The Bertz CT molecular complexity index is 409. The molecule has 0 bridgehead atoms. The number of hydrogen-bond acceptors (Lipinski definition) is 6. The number of rotatable bonds is 8. The molecule has 142 valence electrons. The van der Waals surface area contributed by atoms with Crippen LogP contribution in [0.25, 0.3) is 0 Å². The summed E-state index contributed by atoms with van der Waals surface area (Å²) in [6.07, 6.45) is 0.738. The van der Waals surface area contributed by atoms with Crippen LogP contribution in [0.1, 0.15) is 61.8 Å². The highest BCUT2D eigenvalue weighted by atomic mass is 16.6. The Morgan fingerprint density at radius 2 is 1.33 bits per heavy atom. The molecule has 0 aromatic rings. The molecule has 0 amide bonds. The van der Waals surface area contributed by atoms with Crippen molar-refractivity contribution in [2.75, 3.05) is 19.8 Å². The van der Waals surface area contributed by atoms with Gasteiger partial charge in [0.1, 0.15) is 13.2 Å². The van der Waals surface area contributed by atoms with Crippen molar-refractivity contribution < 1.29 is 24.3 Å². The van der Waals surface area contributed by atoms with Crippen LogP contribution in [0, 0.1) is 17.3 Å². The summed E-state index contributed by atoms with van der Waals surface area (Å²) < 4.78 is 10.2. The molecule has 0 spiro atoms. The van der Waals surface area contributed by atoms with E-state index in [-0.39, 0.29) is 37.1 Å². The maximum absolute atomic E-state index is 11.9. The van der Waals surface area contributed by atoms with Crippen LogP contribution in [0.5, 0.6) is 0 Å². The standard InChI is InChI=1S/C18H35NO5/c1-13(11-17(3,4)5)15(20)23-9-10-24-16(21)14(2)12-19(22)18(6,7)8/h13-14,22H,9-12H2,1-8H3. The maximum atomic E-state index is 11.9. The molecule has 0 rings (SSSR count). The molecule has 0 aliphatic rings. The van der Waals surface area contributed by atoms with Crippen molar-refractivity contribution in [2.24, 2.45) is 17.3 Å². The van der Waals surface area contributed by atoms with Crippen LogP contribution in [0.15, 0.2) is 0 Å². The summed E-state index contributed by atoms with van der Waals surface area (Å²) in [5, 5.41) is 11.0. The summed E-state index contributed by atoms with van der Waals surface area (Å²) in [4.78, 5) is 23.7. The highest BCUT2D eigenvalue weighted by Crippen LogP contribution is 2.24. The number of carbonyl (C=O) groups excluding carboxylic acids is 2. The third kappa shape index (κ3) is 9.88. The van der Waals surface area contributed by atoms with Crippen LogP contribution >= 0.6 is 0 Å². The van der Waals surface area contributed by atoms with Gasteiger partial charge in [-0.05, 0) is 32.6 Å². The molecule has 0 heterocycles. The Labute approximate surface area is 146 Å². The minimum absolute atomic E-state index is 0.0259. The lowest BCUT2D eigenvalue weighted by Gasteiger charge is -2.30. The highest BCUT2D eigenvalue weighted by Gasteiger charge is 2.25. The van der Waals surface area contributed by atoms with Crippen LogP contribution in [-0.2, 0) is 19.1 Å². The third-order valence-electron chi connectivity index (χ3n) is 3.52. The van der Waals surface area contributed by atoms with Crippen molar-refractivity contribution >= 4 is 11.9 Å². The van der Waals surface area contributed by atoms with Crippen molar-refractivity contribution in [3.8, 4) is 0 Å². The van der Waals surface area contributed by atoms with E-state index in [1.807, 2.05) is 27.7 Å². The first-order chi connectivity index (χ1) is 10.7. The SMILES string of the molecule is CC(CN(O)C(C)(C)C)C(=O)OCCOC(=O)C(C)CC(C)(C)C. The minimum atomic E-state index is -0.468. The van der Waals surface area contributed by atoms with Crippen molar-refractivity contribution in [3.05, 3.63) is 0 Å². The topological polar surface area (TPSA) is 76.1 Å². The fourth-order valence-corrected chi connectivity index (χ4v) is 2.18. The van der Waals surface area contributed by atoms with Crippen LogP contribution in [0.4, 0.5) is 0 Å². The quantitative estimate of drug-likeness (QED) is 0.413. The molecule has 6 heteroatoms. The number of hydroxylamine groups is 2. The maximum Gasteiger partial charge on any atom is 0.310 e. The molecule has 0 aromatic carbocycles. The lowest BCUT2D eigenvalue weighted by Crippen LogP contribution is -2.42. The van der Waals surface area contributed by atoms with Crippen molar-refractivity contribution in [1.29, 1.82) is 0 Å².